The Labute approximate surface area is 118 Å². The predicted molar refractivity (Wildman–Crippen MR) is 76.4 cm³/mol. The largest absolute Gasteiger partial charge is 0.365 e. The van der Waals surface area contributed by atoms with E-state index < -0.39 is 0 Å². The molecule has 2 aromatic rings. The molecule has 0 spiro atoms. The maximum atomic E-state index is 6.07. The van der Waals surface area contributed by atoms with E-state index in [0.717, 1.165) is 29.2 Å². The van der Waals surface area contributed by atoms with Crippen molar-refractivity contribution < 1.29 is 0 Å². The van der Waals surface area contributed by atoms with E-state index in [2.05, 4.69) is 27.3 Å². The Hall–Kier alpha value is -1.62. The molecular weight excluding hydrogens is 262 g/mol. The molecule has 0 aliphatic heterocycles. The van der Waals surface area contributed by atoms with E-state index in [0.29, 0.717) is 11.7 Å². The Bertz CT molecular complexity index is 591. The Morgan fingerprint density at radius 3 is 2.58 bits per heavy atom. The van der Waals surface area contributed by atoms with Gasteiger partial charge in [-0.25, -0.2) is 9.97 Å². The second kappa shape index (κ2) is 5.57. The first kappa shape index (κ1) is 13.8. The van der Waals surface area contributed by atoms with Crippen LogP contribution in [-0.2, 0) is 20.0 Å². The van der Waals surface area contributed by atoms with Crippen LogP contribution in [0.1, 0.15) is 29.4 Å². The topological polar surface area (TPSA) is 55.6 Å². The lowest BCUT2D eigenvalue weighted by Crippen LogP contribution is -2.07. The van der Waals surface area contributed by atoms with Gasteiger partial charge in [0.05, 0.1) is 5.69 Å². The Kier molecular flexibility index (Phi) is 4.04. The number of aromatic nitrogens is 4. The third-order valence-electron chi connectivity index (χ3n) is 3.34. The van der Waals surface area contributed by atoms with Gasteiger partial charge >= 0.3 is 0 Å². The minimum Gasteiger partial charge on any atom is -0.365 e. The molecule has 0 aromatic carbocycles. The SMILES string of the molecule is CCc1c(Cl)ncnc1NCc1c(C)nn(C)c1C. The molecule has 19 heavy (non-hydrogen) atoms. The van der Waals surface area contributed by atoms with E-state index in [-0.39, 0.29) is 0 Å². The molecule has 0 aliphatic rings. The Balaban J connectivity index is 2.21. The highest BCUT2D eigenvalue weighted by atomic mass is 35.5. The fourth-order valence-electron chi connectivity index (χ4n) is 2.10. The molecule has 0 bridgehead atoms. The average Bonchev–Trinajstić information content (AvgIpc) is 2.61. The molecule has 0 fully saturated rings. The number of nitrogens with one attached hydrogen (secondary N) is 1. The standard InChI is InChI=1S/C13H18ClN5/c1-5-10-12(14)16-7-17-13(10)15-6-11-8(2)18-19(4)9(11)3/h7H,5-6H2,1-4H3,(H,15,16,17). The van der Waals surface area contributed by atoms with E-state index >= 15 is 0 Å². The lowest BCUT2D eigenvalue weighted by atomic mass is 10.2. The molecule has 2 rings (SSSR count). The molecule has 6 heteroatoms. The van der Waals surface area contributed by atoms with Crippen LogP contribution in [0.2, 0.25) is 5.15 Å². The van der Waals surface area contributed by atoms with Crippen molar-refractivity contribution in [3.05, 3.63) is 34.0 Å². The van der Waals surface area contributed by atoms with E-state index in [1.54, 1.807) is 0 Å². The summed E-state index contributed by atoms with van der Waals surface area (Å²) >= 11 is 6.07. The van der Waals surface area contributed by atoms with Gasteiger partial charge in [0.2, 0.25) is 0 Å². The van der Waals surface area contributed by atoms with Crippen molar-refractivity contribution in [2.24, 2.45) is 7.05 Å². The lowest BCUT2D eigenvalue weighted by molar-refractivity contribution is 0.730. The number of anilines is 1. The zero-order chi connectivity index (χ0) is 14.0. The van der Waals surface area contributed by atoms with Crippen LogP contribution >= 0.6 is 11.6 Å². The van der Waals surface area contributed by atoms with E-state index in [4.69, 9.17) is 11.6 Å². The molecule has 2 heterocycles. The third-order valence-corrected chi connectivity index (χ3v) is 3.66. The number of hydrogen-bond donors (Lipinski definition) is 1. The lowest BCUT2D eigenvalue weighted by Gasteiger charge is -2.10. The highest BCUT2D eigenvalue weighted by Crippen LogP contribution is 2.21. The summed E-state index contributed by atoms with van der Waals surface area (Å²) in [6.45, 7) is 6.80. The smallest absolute Gasteiger partial charge is 0.137 e. The van der Waals surface area contributed by atoms with Crippen LogP contribution in [0.15, 0.2) is 6.33 Å². The second-order valence-corrected chi connectivity index (χ2v) is 4.83. The zero-order valence-corrected chi connectivity index (χ0v) is 12.4. The molecule has 0 amide bonds. The van der Waals surface area contributed by atoms with Crippen LogP contribution in [0.3, 0.4) is 0 Å². The summed E-state index contributed by atoms with van der Waals surface area (Å²) in [6.07, 6.45) is 2.28. The number of rotatable bonds is 4. The number of nitrogens with zero attached hydrogens (tertiary/aromatic N) is 4. The average molecular weight is 280 g/mol. The van der Waals surface area contributed by atoms with Crippen molar-refractivity contribution in [3.63, 3.8) is 0 Å². The molecule has 102 valence electrons. The number of hydrogen-bond acceptors (Lipinski definition) is 4. The van der Waals surface area contributed by atoms with Gasteiger partial charge < -0.3 is 5.32 Å². The summed E-state index contributed by atoms with van der Waals surface area (Å²) in [5.41, 5.74) is 4.33. The second-order valence-electron chi connectivity index (χ2n) is 4.47. The Morgan fingerprint density at radius 2 is 2.00 bits per heavy atom. The van der Waals surface area contributed by atoms with Gasteiger partial charge in [-0.15, -0.1) is 0 Å². The van der Waals surface area contributed by atoms with E-state index in [1.807, 2.05) is 25.6 Å². The van der Waals surface area contributed by atoms with Crippen molar-refractivity contribution in [3.8, 4) is 0 Å². The summed E-state index contributed by atoms with van der Waals surface area (Å²) in [6, 6.07) is 0. The fraction of sp³-hybridized carbons (Fsp3) is 0.462. The van der Waals surface area contributed by atoms with E-state index in [1.165, 1.54) is 11.9 Å². The highest BCUT2D eigenvalue weighted by Gasteiger charge is 2.11. The molecule has 0 unspecified atom stereocenters. The summed E-state index contributed by atoms with van der Waals surface area (Å²) in [5.74, 6) is 0.796. The number of halogens is 1. The van der Waals surface area contributed by atoms with Crippen LogP contribution < -0.4 is 5.32 Å². The third kappa shape index (κ3) is 2.71. The molecular formula is C13H18ClN5. The maximum Gasteiger partial charge on any atom is 0.137 e. The molecule has 5 nitrogen and oxygen atoms in total. The zero-order valence-electron chi connectivity index (χ0n) is 11.7. The fourth-order valence-corrected chi connectivity index (χ4v) is 2.37. The van der Waals surface area contributed by atoms with Crippen molar-refractivity contribution in [1.29, 1.82) is 0 Å². The quantitative estimate of drug-likeness (QED) is 0.874. The summed E-state index contributed by atoms with van der Waals surface area (Å²) < 4.78 is 1.89. The molecule has 0 atom stereocenters. The van der Waals surface area contributed by atoms with Gasteiger partial charge in [-0.2, -0.15) is 5.10 Å². The van der Waals surface area contributed by atoms with Gasteiger partial charge in [0, 0.05) is 30.4 Å². The molecule has 1 N–H and O–H groups in total. The van der Waals surface area contributed by atoms with Crippen molar-refractivity contribution in [1.82, 2.24) is 19.7 Å². The van der Waals surface area contributed by atoms with Gasteiger partial charge in [-0.3, -0.25) is 4.68 Å². The van der Waals surface area contributed by atoms with Crippen LogP contribution in [-0.4, -0.2) is 19.7 Å². The molecule has 0 saturated heterocycles. The minimum absolute atomic E-state index is 0.514. The maximum absolute atomic E-state index is 6.07. The van der Waals surface area contributed by atoms with Gasteiger partial charge in [-0.05, 0) is 20.3 Å². The minimum atomic E-state index is 0.514. The first-order valence-electron chi connectivity index (χ1n) is 6.26. The molecule has 0 saturated carbocycles. The van der Waals surface area contributed by atoms with Gasteiger partial charge in [0.15, 0.2) is 0 Å². The monoisotopic (exact) mass is 279 g/mol. The Morgan fingerprint density at radius 1 is 1.26 bits per heavy atom. The van der Waals surface area contributed by atoms with Crippen molar-refractivity contribution in [2.45, 2.75) is 33.7 Å². The van der Waals surface area contributed by atoms with Gasteiger partial charge in [-0.1, -0.05) is 18.5 Å². The molecule has 0 aliphatic carbocycles. The number of aryl methyl sites for hydroxylation is 2. The van der Waals surface area contributed by atoms with Crippen molar-refractivity contribution >= 4 is 17.4 Å². The van der Waals surface area contributed by atoms with Gasteiger partial charge in [0.1, 0.15) is 17.3 Å². The van der Waals surface area contributed by atoms with Gasteiger partial charge in [0.25, 0.3) is 0 Å². The van der Waals surface area contributed by atoms with Crippen molar-refractivity contribution in [2.75, 3.05) is 5.32 Å². The van der Waals surface area contributed by atoms with Crippen LogP contribution in [0.5, 0.6) is 0 Å². The molecule has 2 aromatic heterocycles. The normalized spacial score (nSPS) is 10.8. The first-order valence-corrected chi connectivity index (χ1v) is 6.64. The van der Waals surface area contributed by atoms with Crippen LogP contribution in [0.25, 0.3) is 0 Å². The highest BCUT2D eigenvalue weighted by molar-refractivity contribution is 6.30. The summed E-state index contributed by atoms with van der Waals surface area (Å²) in [5, 5.41) is 8.24. The summed E-state index contributed by atoms with van der Waals surface area (Å²) in [4.78, 5) is 8.26. The predicted octanol–water partition coefficient (Wildman–Crippen LogP) is 2.65. The van der Waals surface area contributed by atoms with Crippen LogP contribution in [0, 0.1) is 13.8 Å². The summed E-state index contributed by atoms with van der Waals surface area (Å²) in [7, 11) is 1.95. The van der Waals surface area contributed by atoms with E-state index in [9.17, 15) is 0 Å². The first-order chi connectivity index (χ1) is 9.04. The van der Waals surface area contributed by atoms with Crippen LogP contribution in [0.4, 0.5) is 5.82 Å². The molecule has 0 radical (unpaired) electrons.